The van der Waals surface area contributed by atoms with Crippen LogP contribution in [-0.4, -0.2) is 58.0 Å². The molecule has 1 fully saturated rings. The number of ether oxygens (including phenoxy) is 2. The Balaban J connectivity index is 1.22. The van der Waals surface area contributed by atoms with Crippen molar-refractivity contribution in [1.29, 1.82) is 0 Å². The van der Waals surface area contributed by atoms with Gasteiger partial charge in [-0.1, -0.05) is 69.9 Å². The first-order valence-electron chi connectivity index (χ1n) is 17.9. The average molecular weight is 879 g/mol. The lowest BCUT2D eigenvalue weighted by Gasteiger charge is -2.41. The Kier molecular flexibility index (Phi) is 12.5. The summed E-state index contributed by atoms with van der Waals surface area (Å²) in [7, 11) is 0. The molecule has 0 radical (unpaired) electrons. The Hall–Kier alpha value is -4.14. The molecule has 1 atom stereocenters. The van der Waals surface area contributed by atoms with E-state index in [0.29, 0.717) is 37.1 Å². The molecular formula is C37H32F18N2O2. The molecule has 0 N–H and O–H groups in total. The summed E-state index contributed by atoms with van der Waals surface area (Å²) in [6, 6.07) is 4.19. The van der Waals surface area contributed by atoms with Crippen molar-refractivity contribution in [2.75, 3.05) is 0 Å². The van der Waals surface area contributed by atoms with E-state index in [0.717, 1.165) is 56.1 Å². The van der Waals surface area contributed by atoms with Crippen LogP contribution in [0.5, 0.6) is 11.5 Å². The van der Waals surface area contributed by atoms with Gasteiger partial charge < -0.3 is 9.47 Å². The molecule has 328 valence electrons. The SMILES string of the molecule is Fc1c(-c2ncc(-c3ccc(OC(F)(F)C(F)(F)C(F)(F)C(F)(F)C(F)(F)C(F)(F)C(F)(F)F)cc3)cn2)ccc2c1C(F)(F)C(CCCCCCCCCC1CC1)O2. The third-order valence-electron chi connectivity index (χ3n) is 10.0. The van der Waals surface area contributed by atoms with Crippen LogP contribution in [0.1, 0.15) is 76.2 Å². The van der Waals surface area contributed by atoms with Crippen molar-refractivity contribution in [3.63, 3.8) is 0 Å². The number of alkyl halides is 17. The van der Waals surface area contributed by atoms with E-state index in [9.17, 15) is 65.9 Å². The number of rotatable bonds is 19. The van der Waals surface area contributed by atoms with Gasteiger partial charge in [0.15, 0.2) is 11.9 Å². The van der Waals surface area contributed by atoms with Crippen molar-refractivity contribution >= 4 is 0 Å². The molecular weight excluding hydrogens is 846 g/mol. The molecule has 1 aliphatic carbocycles. The van der Waals surface area contributed by atoms with Crippen molar-refractivity contribution in [1.82, 2.24) is 9.97 Å². The lowest BCUT2D eigenvalue weighted by Crippen LogP contribution is -2.73. The molecule has 3 aromatic rings. The summed E-state index contributed by atoms with van der Waals surface area (Å²) in [5.74, 6) is -47.7. The van der Waals surface area contributed by atoms with Gasteiger partial charge in [0.05, 0.1) is 5.56 Å². The van der Waals surface area contributed by atoms with Gasteiger partial charge in [0.2, 0.25) is 0 Å². The molecule has 0 spiro atoms. The average Bonchev–Trinajstić information content (AvgIpc) is 3.93. The van der Waals surface area contributed by atoms with Gasteiger partial charge in [0.1, 0.15) is 22.9 Å². The highest BCUT2D eigenvalue weighted by Gasteiger charge is 2.94. The van der Waals surface area contributed by atoms with Gasteiger partial charge in [0.25, 0.3) is 0 Å². The van der Waals surface area contributed by atoms with E-state index >= 15 is 13.2 Å². The van der Waals surface area contributed by atoms with E-state index < -0.39 is 82.4 Å². The highest BCUT2D eigenvalue weighted by Crippen LogP contribution is 2.62. The zero-order valence-corrected chi connectivity index (χ0v) is 30.1. The molecule has 4 nitrogen and oxygen atoms in total. The lowest BCUT2D eigenvalue weighted by atomic mass is 9.93. The van der Waals surface area contributed by atoms with Crippen molar-refractivity contribution in [3.05, 3.63) is 60.2 Å². The van der Waals surface area contributed by atoms with Crippen LogP contribution in [0.2, 0.25) is 0 Å². The van der Waals surface area contributed by atoms with Crippen molar-refractivity contribution < 1.29 is 88.5 Å². The van der Waals surface area contributed by atoms with Crippen LogP contribution in [0.3, 0.4) is 0 Å². The van der Waals surface area contributed by atoms with Crippen LogP contribution in [0, 0.1) is 11.7 Å². The summed E-state index contributed by atoms with van der Waals surface area (Å²) in [5, 5.41) is 0. The van der Waals surface area contributed by atoms with E-state index in [1.54, 1.807) is 0 Å². The Labute approximate surface area is 323 Å². The van der Waals surface area contributed by atoms with E-state index in [1.165, 1.54) is 25.7 Å². The molecule has 2 heterocycles. The zero-order valence-electron chi connectivity index (χ0n) is 30.1. The normalized spacial score (nSPS) is 17.8. The summed E-state index contributed by atoms with van der Waals surface area (Å²) in [6.07, 6.45) is -4.29. The molecule has 1 unspecified atom stereocenters. The Morgan fingerprint density at radius 3 is 1.61 bits per heavy atom. The van der Waals surface area contributed by atoms with Gasteiger partial charge in [0, 0.05) is 18.0 Å². The second-order valence-corrected chi connectivity index (χ2v) is 14.3. The van der Waals surface area contributed by atoms with Crippen LogP contribution in [0.4, 0.5) is 79.0 Å². The largest absolute Gasteiger partial charge is 0.483 e. The van der Waals surface area contributed by atoms with Gasteiger partial charge >= 0.3 is 47.8 Å². The minimum atomic E-state index is -8.46. The maximum absolute atomic E-state index is 15.6. The molecule has 0 bridgehead atoms. The first kappa shape index (κ1) is 45.9. The minimum Gasteiger partial charge on any atom is -0.483 e. The smallest absolute Gasteiger partial charge is 0.471 e. The Morgan fingerprint density at radius 1 is 0.593 bits per heavy atom. The summed E-state index contributed by atoms with van der Waals surface area (Å²) in [5.41, 5.74) is -1.69. The minimum absolute atomic E-state index is 0.0403. The number of benzene rings is 2. The van der Waals surface area contributed by atoms with Gasteiger partial charge in [-0.2, -0.15) is 74.6 Å². The molecule has 5 rings (SSSR count). The van der Waals surface area contributed by atoms with Gasteiger partial charge in [-0.15, -0.1) is 0 Å². The maximum Gasteiger partial charge on any atom is 0.471 e. The topological polar surface area (TPSA) is 44.2 Å². The molecule has 1 aromatic heterocycles. The van der Waals surface area contributed by atoms with Crippen LogP contribution in [0.15, 0.2) is 48.8 Å². The molecule has 0 saturated heterocycles. The van der Waals surface area contributed by atoms with E-state index in [-0.39, 0.29) is 23.3 Å². The molecule has 1 aliphatic heterocycles. The standard InChI is InChI=1S/C37H32F18N2O2/c38-28-24(16-17-25-27(28)30(39,40)26(58-25)9-7-5-3-1-2-4-6-8-20-10-11-20)29-56-18-22(19-57-29)21-12-14-23(15-13-21)59-37(54,55)35(49,50)33(45,46)31(41,42)32(43,44)34(47,48)36(51,52)53/h12-20,26H,1-11H2. The highest BCUT2D eigenvalue weighted by atomic mass is 19.4. The number of nitrogens with zero attached hydrogens (tertiary/aromatic N) is 2. The third kappa shape index (κ3) is 8.46. The van der Waals surface area contributed by atoms with Crippen molar-refractivity contribution in [2.24, 2.45) is 5.92 Å². The number of fused-ring (bicyclic) bond motifs is 1. The highest BCUT2D eigenvalue weighted by molar-refractivity contribution is 5.66. The fourth-order valence-electron chi connectivity index (χ4n) is 6.32. The quantitative estimate of drug-likeness (QED) is 0.0889. The predicted molar refractivity (Wildman–Crippen MR) is 172 cm³/mol. The van der Waals surface area contributed by atoms with Gasteiger partial charge in [-0.25, -0.2) is 14.4 Å². The molecule has 59 heavy (non-hydrogen) atoms. The van der Waals surface area contributed by atoms with Crippen LogP contribution in [-0.2, 0) is 5.92 Å². The maximum atomic E-state index is 15.6. The third-order valence-corrected chi connectivity index (χ3v) is 10.0. The number of aromatic nitrogens is 2. The van der Waals surface area contributed by atoms with Gasteiger partial charge in [-0.05, 0) is 48.6 Å². The van der Waals surface area contributed by atoms with Crippen molar-refractivity contribution in [3.8, 4) is 34.0 Å². The first-order valence-corrected chi connectivity index (χ1v) is 17.9. The van der Waals surface area contributed by atoms with E-state index in [2.05, 4.69) is 14.7 Å². The van der Waals surface area contributed by atoms with Crippen molar-refractivity contribution in [2.45, 2.75) is 125 Å². The molecule has 1 saturated carbocycles. The monoisotopic (exact) mass is 878 g/mol. The summed E-state index contributed by atoms with van der Waals surface area (Å²) in [6.45, 7) is 0. The van der Waals surface area contributed by atoms with Crippen LogP contribution in [0.25, 0.3) is 22.5 Å². The second-order valence-electron chi connectivity index (χ2n) is 14.3. The molecule has 22 heteroatoms. The molecule has 2 aliphatic rings. The summed E-state index contributed by atoms with van der Waals surface area (Å²) < 4.78 is 257. The molecule has 0 amide bonds. The van der Waals surface area contributed by atoms with Crippen LogP contribution >= 0.6 is 0 Å². The number of hydrogen-bond donors (Lipinski definition) is 0. The zero-order chi connectivity index (χ0) is 44.0. The fraction of sp³-hybridized carbons (Fsp3) is 0.568. The van der Waals surface area contributed by atoms with Gasteiger partial charge in [-0.3, -0.25) is 0 Å². The summed E-state index contributed by atoms with van der Waals surface area (Å²) in [4.78, 5) is 7.75. The number of halogens is 18. The van der Waals surface area contributed by atoms with E-state index in [1.807, 2.05) is 0 Å². The Bertz CT molecular complexity index is 1910. The summed E-state index contributed by atoms with van der Waals surface area (Å²) >= 11 is 0. The lowest BCUT2D eigenvalue weighted by molar-refractivity contribution is -0.465. The Morgan fingerprint density at radius 2 is 1.08 bits per heavy atom. The fourth-order valence-corrected chi connectivity index (χ4v) is 6.32. The number of unbranched alkanes of at least 4 members (excludes halogenated alkanes) is 6. The first-order chi connectivity index (χ1) is 27.1. The van der Waals surface area contributed by atoms with Crippen LogP contribution < -0.4 is 9.47 Å². The van der Waals surface area contributed by atoms with E-state index in [4.69, 9.17) is 4.74 Å². The molecule has 2 aromatic carbocycles. The predicted octanol–water partition coefficient (Wildman–Crippen LogP) is 13.4. The number of hydrogen-bond acceptors (Lipinski definition) is 4. The second kappa shape index (κ2) is 16.0.